The van der Waals surface area contributed by atoms with Gasteiger partial charge in [0.1, 0.15) is 12.2 Å². The molecule has 1 aromatic carbocycles. The molecule has 0 aliphatic carbocycles. The van der Waals surface area contributed by atoms with Crippen LogP contribution in [0.1, 0.15) is 0 Å². The van der Waals surface area contributed by atoms with Crippen LogP contribution < -0.4 is 4.90 Å². The number of methoxy groups -OCH3 is 1. The van der Waals surface area contributed by atoms with E-state index in [4.69, 9.17) is 14.2 Å². The average Bonchev–Trinajstić information content (AvgIpc) is 2.85. The van der Waals surface area contributed by atoms with E-state index < -0.39 is 0 Å². The molecule has 0 radical (unpaired) electrons. The first-order valence-electron chi connectivity index (χ1n) is 6.55. The molecule has 0 saturated carbocycles. The second kappa shape index (κ2) is 8.01. The maximum atomic E-state index is 5.54. The van der Waals surface area contributed by atoms with E-state index in [0.29, 0.717) is 33.0 Å². The van der Waals surface area contributed by atoms with Gasteiger partial charge in [0.25, 0.3) is 0 Å². The Kier molecular flexibility index (Phi) is 5.97. The Hall–Kier alpha value is -1.27. The fourth-order valence-electron chi connectivity index (χ4n) is 1.92. The summed E-state index contributed by atoms with van der Waals surface area (Å²) in [4.78, 5) is 5.62. The van der Waals surface area contributed by atoms with Crippen LogP contribution in [0, 0.1) is 0 Å². The van der Waals surface area contributed by atoms with Crippen molar-refractivity contribution in [3.05, 3.63) is 24.3 Å². The first-order chi connectivity index (χ1) is 9.42. The van der Waals surface area contributed by atoms with Crippen molar-refractivity contribution in [1.29, 1.82) is 0 Å². The number of ether oxygens (including phenoxy) is 3. The van der Waals surface area contributed by atoms with Crippen molar-refractivity contribution >= 4 is 17.7 Å². The highest BCUT2D eigenvalue weighted by Crippen LogP contribution is 2.22. The van der Waals surface area contributed by atoms with E-state index in [9.17, 15) is 0 Å². The number of quaternary nitrogens is 1. The normalized spacial score (nSPS) is 16.8. The summed E-state index contributed by atoms with van der Waals surface area (Å²) in [5.74, 6) is 0. The molecule has 2 rings (SSSR count). The number of nitrogens with zero attached hydrogens (tertiary/aromatic N) is 1. The molecule has 0 fully saturated rings. The molecule has 1 aliphatic heterocycles. The summed E-state index contributed by atoms with van der Waals surface area (Å²) in [7, 11) is 1.66. The van der Waals surface area contributed by atoms with E-state index in [1.165, 1.54) is 10.6 Å². The van der Waals surface area contributed by atoms with Crippen LogP contribution in [0.15, 0.2) is 29.3 Å². The molecule has 1 heterocycles. The van der Waals surface area contributed by atoms with Crippen LogP contribution in [-0.2, 0) is 14.2 Å². The zero-order chi connectivity index (χ0) is 13.3. The molecule has 1 aliphatic rings. The van der Waals surface area contributed by atoms with Gasteiger partial charge >= 0.3 is 0 Å². The predicted molar refractivity (Wildman–Crippen MR) is 73.6 cm³/mol. The van der Waals surface area contributed by atoms with Crippen LogP contribution in [0.4, 0.5) is 11.4 Å². The summed E-state index contributed by atoms with van der Waals surface area (Å²) in [6, 6.07) is 8.18. The Balaban J connectivity index is 1.56. The van der Waals surface area contributed by atoms with E-state index in [0.717, 1.165) is 12.2 Å². The first kappa shape index (κ1) is 14.1. The Labute approximate surface area is 113 Å². The number of para-hydroxylation sites is 2. The molecule has 0 saturated heterocycles. The number of rotatable bonds is 9. The number of hydrogen-bond acceptors (Lipinski definition) is 4. The summed E-state index contributed by atoms with van der Waals surface area (Å²) >= 11 is 0. The first-order valence-corrected chi connectivity index (χ1v) is 6.55. The third-order valence-corrected chi connectivity index (χ3v) is 2.93. The van der Waals surface area contributed by atoms with Crippen LogP contribution >= 0.6 is 0 Å². The fraction of sp³-hybridized carbons (Fsp3) is 0.500. The molecular weight excluding hydrogens is 244 g/mol. The third-order valence-electron chi connectivity index (χ3n) is 2.93. The molecule has 0 aromatic heterocycles. The van der Waals surface area contributed by atoms with Crippen molar-refractivity contribution in [2.45, 2.75) is 0 Å². The predicted octanol–water partition coefficient (Wildman–Crippen LogP) is 0.556. The van der Waals surface area contributed by atoms with Crippen molar-refractivity contribution in [3.63, 3.8) is 0 Å². The monoisotopic (exact) mass is 265 g/mol. The minimum atomic E-state index is 0.614. The maximum Gasteiger partial charge on any atom is 0.194 e. The summed E-state index contributed by atoms with van der Waals surface area (Å²) in [6.07, 6.45) is 1.93. The van der Waals surface area contributed by atoms with E-state index in [2.05, 4.69) is 11.1 Å². The minimum absolute atomic E-state index is 0.614. The van der Waals surface area contributed by atoms with Crippen LogP contribution in [-0.4, -0.2) is 53.0 Å². The van der Waals surface area contributed by atoms with Gasteiger partial charge < -0.3 is 14.2 Å². The van der Waals surface area contributed by atoms with E-state index in [-0.39, 0.29) is 0 Å². The molecule has 1 atom stereocenters. The molecule has 19 heavy (non-hydrogen) atoms. The number of benzene rings is 1. The van der Waals surface area contributed by atoms with Gasteiger partial charge in [-0.15, -0.1) is 0 Å². The van der Waals surface area contributed by atoms with Crippen molar-refractivity contribution in [2.75, 3.05) is 46.7 Å². The number of nitrogens with one attached hydrogen (secondary N) is 1. The van der Waals surface area contributed by atoms with Crippen molar-refractivity contribution in [2.24, 2.45) is 4.99 Å². The van der Waals surface area contributed by atoms with Gasteiger partial charge in [0, 0.05) is 13.2 Å². The molecule has 0 bridgehead atoms. The van der Waals surface area contributed by atoms with Gasteiger partial charge in [0.2, 0.25) is 0 Å². The van der Waals surface area contributed by atoms with E-state index in [1.54, 1.807) is 7.11 Å². The van der Waals surface area contributed by atoms with Crippen LogP contribution in [0.25, 0.3) is 0 Å². The molecule has 5 heteroatoms. The lowest BCUT2D eigenvalue weighted by Gasteiger charge is -2.10. The van der Waals surface area contributed by atoms with Gasteiger partial charge in [-0.25, -0.2) is 0 Å². The average molecular weight is 265 g/mol. The molecule has 1 aromatic rings. The highest BCUT2D eigenvalue weighted by Gasteiger charge is 2.19. The Morgan fingerprint density at radius 3 is 2.58 bits per heavy atom. The van der Waals surface area contributed by atoms with E-state index >= 15 is 0 Å². The van der Waals surface area contributed by atoms with Gasteiger partial charge in [-0.2, -0.15) is 4.99 Å². The van der Waals surface area contributed by atoms with Crippen molar-refractivity contribution in [3.8, 4) is 0 Å². The minimum Gasteiger partial charge on any atom is -0.382 e. The van der Waals surface area contributed by atoms with Crippen molar-refractivity contribution < 1.29 is 19.1 Å². The topological polar surface area (TPSA) is 44.5 Å². The van der Waals surface area contributed by atoms with Gasteiger partial charge in [-0.05, 0) is 6.07 Å². The smallest absolute Gasteiger partial charge is 0.194 e. The molecule has 1 N–H and O–H groups in total. The largest absolute Gasteiger partial charge is 0.382 e. The van der Waals surface area contributed by atoms with Gasteiger partial charge in [-0.1, -0.05) is 12.1 Å². The molecule has 0 amide bonds. The molecule has 104 valence electrons. The Morgan fingerprint density at radius 2 is 1.74 bits per heavy atom. The summed E-state index contributed by atoms with van der Waals surface area (Å²) < 4.78 is 15.7. The SMILES string of the molecule is COCCOCCOCC[NH+]1C=Nc2ccccc21. The van der Waals surface area contributed by atoms with Crippen LogP contribution in [0.3, 0.4) is 0 Å². The zero-order valence-corrected chi connectivity index (χ0v) is 11.3. The summed E-state index contributed by atoms with van der Waals surface area (Å²) in [6.45, 7) is 4.07. The third kappa shape index (κ3) is 4.40. The molecule has 5 nitrogen and oxygen atoms in total. The number of fused-ring (bicyclic) bond motifs is 1. The molecule has 0 spiro atoms. The number of aliphatic imine (C=N–C) groups is 1. The zero-order valence-electron chi connectivity index (χ0n) is 11.3. The van der Waals surface area contributed by atoms with Gasteiger partial charge in [-0.3, -0.25) is 4.90 Å². The second-order valence-electron chi connectivity index (χ2n) is 4.27. The quantitative estimate of drug-likeness (QED) is 0.663. The number of hydrogen-bond donors (Lipinski definition) is 1. The fourth-order valence-corrected chi connectivity index (χ4v) is 1.92. The lowest BCUT2D eigenvalue weighted by atomic mass is 10.2. The van der Waals surface area contributed by atoms with Crippen LogP contribution in [0.5, 0.6) is 0 Å². The van der Waals surface area contributed by atoms with Crippen LogP contribution in [0.2, 0.25) is 0 Å². The second-order valence-corrected chi connectivity index (χ2v) is 4.27. The lowest BCUT2D eigenvalue weighted by molar-refractivity contribution is -0.721. The molecular formula is C14H21N2O3+. The van der Waals surface area contributed by atoms with Gasteiger partial charge in [0.15, 0.2) is 12.0 Å². The van der Waals surface area contributed by atoms with Crippen molar-refractivity contribution in [1.82, 2.24) is 0 Å². The highest BCUT2D eigenvalue weighted by molar-refractivity contribution is 5.71. The maximum absolute atomic E-state index is 5.54. The highest BCUT2D eigenvalue weighted by atomic mass is 16.5. The summed E-state index contributed by atoms with van der Waals surface area (Å²) in [5.41, 5.74) is 2.28. The summed E-state index contributed by atoms with van der Waals surface area (Å²) in [5, 5.41) is 0. The Bertz CT molecular complexity index is 409. The Morgan fingerprint density at radius 1 is 1.00 bits per heavy atom. The standard InChI is InChI=1S/C14H20N2O3/c1-17-8-9-19-11-10-18-7-6-16-12-15-13-4-2-3-5-14(13)16/h2-5,12H,6-11H2,1H3/p+1. The van der Waals surface area contributed by atoms with E-state index in [1.807, 2.05) is 24.5 Å². The van der Waals surface area contributed by atoms with Gasteiger partial charge in [0.05, 0.1) is 33.0 Å². The lowest BCUT2D eigenvalue weighted by Crippen LogP contribution is -3.05. The molecule has 1 unspecified atom stereocenters.